The van der Waals surface area contributed by atoms with Crippen molar-refractivity contribution in [2.45, 2.75) is 6.92 Å². The molecule has 0 unspecified atom stereocenters. The Hall–Kier alpha value is -1.61. The lowest BCUT2D eigenvalue weighted by atomic mass is 10.1. The first kappa shape index (κ1) is 9.93. The highest BCUT2D eigenvalue weighted by Crippen LogP contribution is 2.27. The maximum Gasteiger partial charge on any atom is 0.338 e. The summed E-state index contributed by atoms with van der Waals surface area (Å²) in [6.07, 6.45) is 1.29. The number of carboxylic acids is 1. The lowest BCUT2D eigenvalue weighted by Crippen LogP contribution is -1.99. The maximum absolute atomic E-state index is 10.8. The number of pyridine rings is 1. The van der Waals surface area contributed by atoms with E-state index in [0.29, 0.717) is 5.39 Å². The summed E-state index contributed by atoms with van der Waals surface area (Å²) in [6, 6.07) is 5.51. The molecule has 0 saturated heterocycles. The van der Waals surface area contributed by atoms with Gasteiger partial charge in [-0.25, -0.2) is 4.79 Å². The number of aromatic nitrogens is 1. The van der Waals surface area contributed by atoms with Crippen LogP contribution in [0.2, 0.25) is 5.02 Å². The van der Waals surface area contributed by atoms with Gasteiger partial charge in [0.15, 0.2) is 0 Å². The molecule has 4 heteroatoms. The van der Waals surface area contributed by atoms with E-state index < -0.39 is 5.97 Å². The van der Waals surface area contributed by atoms with Crippen molar-refractivity contribution in [1.29, 1.82) is 0 Å². The number of nitrogens with zero attached hydrogens (tertiary/aromatic N) is 1. The molecule has 1 aromatic carbocycles. The van der Waals surface area contributed by atoms with Crippen LogP contribution in [-0.4, -0.2) is 16.1 Å². The first-order valence-electron chi connectivity index (χ1n) is 4.38. The van der Waals surface area contributed by atoms with Crippen LogP contribution in [0.25, 0.3) is 10.9 Å². The van der Waals surface area contributed by atoms with Crippen LogP contribution < -0.4 is 0 Å². The van der Waals surface area contributed by atoms with Gasteiger partial charge in [-0.1, -0.05) is 29.8 Å². The molecule has 3 nitrogen and oxygen atoms in total. The summed E-state index contributed by atoms with van der Waals surface area (Å²) in [5.41, 5.74) is 1.76. The number of fused-ring (bicyclic) bond motifs is 1. The van der Waals surface area contributed by atoms with E-state index in [1.165, 1.54) is 6.20 Å². The Bertz CT molecular complexity index is 552. The molecule has 0 aliphatic rings. The number of carbonyl (C=O) groups is 1. The van der Waals surface area contributed by atoms with Crippen molar-refractivity contribution in [2.24, 2.45) is 0 Å². The average Bonchev–Trinajstić information content (AvgIpc) is 2.19. The largest absolute Gasteiger partial charge is 0.478 e. The topological polar surface area (TPSA) is 50.2 Å². The second-order valence-electron chi connectivity index (χ2n) is 3.26. The summed E-state index contributed by atoms with van der Waals surface area (Å²) in [7, 11) is 0. The molecule has 0 aliphatic carbocycles. The van der Waals surface area contributed by atoms with E-state index in [4.69, 9.17) is 16.7 Å². The van der Waals surface area contributed by atoms with Crippen molar-refractivity contribution in [3.8, 4) is 0 Å². The van der Waals surface area contributed by atoms with Gasteiger partial charge in [0.05, 0.1) is 16.1 Å². The average molecular weight is 222 g/mol. The predicted octanol–water partition coefficient (Wildman–Crippen LogP) is 2.89. The van der Waals surface area contributed by atoms with Gasteiger partial charge < -0.3 is 5.11 Å². The normalized spacial score (nSPS) is 10.5. The minimum absolute atomic E-state index is 0.0368. The molecule has 2 aromatic rings. The monoisotopic (exact) mass is 221 g/mol. The molecule has 0 aliphatic heterocycles. The molecular weight excluding hydrogens is 214 g/mol. The number of halogens is 1. The van der Waals surface area contributed by atoms with E-state index in [1.807, 2.05) is 19.1 Å². The molecule has 1 N–H and O–H groups in total. The fourth-order valence-corrected chi connectivity index (χ4v) is 1.77. The Labute approximate surface area is 91.3 Å². The third kappa shape index (κ3) is 1.55. The van der Waals surface area contributed by atoms with Crippen molar-refractivity contribution in [2.75, 3.05) is 0 Å². The van der Waals surface area contributed by atoms with Crippen molar-refractivity contribution in [3.05, 3.63) is 40.5 Å². The first-order valence-corrected chi connectivity index (χ1v) is 4.76. The van der Waals surface area contributed by atoms with Gasteiger partial charge in [0, 0.05) is 11.6 Å². The number of para-hydroxylation sites is 1. The number of aryl methyl sites for hydroxylation is 1. The zero-order valence-corrected chi connectivity index (χ0v) is 8.75. The van der Waals surface area contributed by atoms with Gasteiger partial charge >= 0.3 is 5.97 Å². The van der Waals surface area contributed by atoms with Crippen LogP contribution in [0.1, 0.15) is 15.9 Å². The van der Waals surface area contributed by atoms with Gasteiger partial charge in [-0.2, -0.15) is 0 Å². The van der Waals surface area contributed by atoms with Crippen LogP contribution in [-0.2, 0) is 0 Å². The molecule has 0 spiro atoms. The standard InChI is InChI=1S/C11H8ClNO2/c1-6-3-2-4-7-9(12)8(11(14)15)5-13-10(6)7/h2-5H,1H3,(H,14,15). The predicted molar refractivity (Wildman–Crippen MR) is 58.4 cm³/mol. The van der Waals surface area contributed by atoms with Crippen molar-refractivity contribution < 1.29 is 9.90 Å². The minimum atomic E-state index is -1.06. The van der Waals surface area contributed by atoms with E-state index in [2.05, 4.69) is 4.98 Å². The van der Waals surface area contributed by atoms with Crippen LogP contribution in [0.15, 0.2) is 24.4 Å². The fraction of sp³-hybridized carbons (Fsp3) is 0.0909. The summed E-state index contributed by atoms with van der Waals surface area (Å²) in [5.74, 6) is -1.06. The molecule has 15 heavy (non-hydrogen) atoms. The van der Waals surface area contributed by atoms with E-state index in [9.17, 15) is 4.79 Å². The van der Waals surface area contributed by atoms with Gasteiger partial charge in [0.25, 0.3) is 0 Å². The highest BCUT2D eigenvalue weighted by atomic mass is 35.5. The fourth-order valence-electron chi connectivity index (χ4n) is 1.49. The smallest absolute Gasteiger partial charge is 0.338 e. The number of benzene rings is 1. The summed E-state index contributed by atoms with van der Waals surface area (Å²) in [5, 5.41) is 9.79. The van der Waals surface area contributed by atoms with Gasteiger partial charge in [-0.3, -0.25) is 4.98 Å². The number of aromatic carboxylic acids is 1. The molecule has 0 radical (unpaired) electrons. The quantitative estimate of drug-likeness (QED) is 0.806. The first-order chi connectivity index (χ1) is 7.11. The van der Waals surface area contributed by atoms with Crippen molar-refractivity contribution in [3.63, 3.8) is 0 Å². The molecule has 0 fully saturated rings. The van der Waals surface area contributed by atoms with Crippen LogP contribution in [0, 0.1) is 6.92 Å². The Morgan fingerprint density at radius 1 is 1.47 bits per heavy atom. The van der Waals surface area contributed by atoms with E-state index in [1.54, 1.807) is 6.07 Å². The molecule has 2 rings (SSSR count). The molecule has 0 saturated carbocycles. The van der Waals surface area contributed by atoms with Crippen LogP contribution >= 0.6 is 11.6 Å². The zero-order chi connectivity index (χ0) is 11.0. The van der Waals surface area contributed by atoms with Crippen molar-refractivity contribution in [1.82, 2.24) is 4.98 Å². The van der Waals surface area contributed by atoms with E-state index in [0.717, 1.165) is 11.1 Å². The van der Waals surface area contributed by atoms with Gasteiger partial charge in [-0.15, -0.1) is 0 Å². The summed E-state index contributed by atoms with van der Waals surface area (Å²) in [4.78, 5) is 14.9. The lowest BCUT2D eigenvalue weighted by Gasteiger charge is -2.05. The van der Waals surface area contributed by atoms with Crippen molar-refractivity contribution >= 4 is 28.5 Å². The van der Waals surface area contributed by atoms with Gasteiger partial charge in [-0.05, 0) is 12.5 Å². The summed E-state index contributed by atoms with van der Waals surface area (Å²) in [6.45, 7) is 1.91. The molecule has 0 bridgehead atoms. The second kappa shape index (κ2) is 3.51. The Kier molecular flexibility index (Phi) is 2.32. The van der Waals surface area contributed by atoms with Crippen LogP contribution in [0.3, 0.4) is 0 Å². The molecular formula is C11H8ClNO2. The molecule has 1 heterocycles. The Morgan fingerprint density at radius 3 is 2.87 bits per heavy atom. The van der Waals surface area contributed by atoms with Crippen LogP contribution in [0.5, 0.6) is 0 Å². The third-order valence-electron chi connectivity index (χ3n) is 2.26. The molecule has 0 atom stereocenters. The summed E-state index contributed by atoms with van der Waals surface area (Å²) < 4.78 is 0. The number of rotatable bonds is 1. The van der Waals surface area contributed by atoms with E-state index >= 15 is 0 Å². The highest BCUT2D eigenvalue weighted by Gasteiger charge is 2.12. The Balaban J connectivity index is 2.86. The number of hydrogen-bond donors (Lipinski definition) is 1. The second-order valence-corrected chi connectivity index (χ2v) is 3.64. The van der Waals surface area contributed by atoms with Gasteiger partial charge in [0.1, 0.15) is 0 Å². The zero-order valence-electron chi connectivity index (χ0n) is 7.99. The third-order valence-corrected chi connectivity index (χ3v) is 2.67. The summed E-state index contributed by atoms with van der Waals surface area (Å²) >= 11 is 5.99. The molecule has 76 valence electrons. The maximum atomic E-state index is 10.8. The lowest BCUT2D eigenvalue weighted by molar-refractivity contribution is 0.0697. The number of carboxylic acid groups (broad SMARTS) is 1. The van der Waals surface area contributed by atoms with Gasteiger partial charge in [0.2, 0.25) is 0 Å². The highest BCUT2D eigenvalue weighted by molar-refractivity contribution is 6.38. The SMILES string of the molecule is Cc1cccc2c(Cl)c(C(=O)O)cnc12. The molecule has 0 amide bonds. The van der Waals surface area contributed by atoms with Crippen LogP contribution in [0.4, 0.5) is 0 Å². The Morgan fingerprint density at radius 2 is 2.20 bits per heavy atom. The minimum Gasteiger partial charge on any atom is -0.478 e. The van der Waals surface area contributed by atoms with E-state index in [-0.39, 0.29) is 10.6 Å². The number of hydrogen-bond acceptors (Lipinski definition) is 2. The molecule has 1 aromatic heterocycles.